The fraction of sp³-hybridized carbons (Fsp3) is 0.923. The van der Waals surface area contributed by atoms with E-state index >= 15 is 0 Å². The van der Waals surface area contributed by atoms with E-state index in [1.165, 1.54) is 83.5 Å². The highest BCUT2D eigenvalue weighted by atomic mass is 16.4. The molecular weight excluding hydrogens is 424 g/mol. The molecule has 0 heterocycles. The second kappa shape index (κ2) is 33.2. The molecule has 0 spiro atoms. The second-order valence-corrected chi connectivity index (χ2v) is 8.50. The van der Waals surface area contributed by atoms with Crippen molar-refractivity contribution < 1.29 is 34.8 Å². The molecule has 0 bridgehead atoms. The SMILES string of the molecule is CCCCCCCCCCCCCCCCCC(=O)O.COC.O=C(CCO)C(CO)CO. The average molecular weight is 479 g/mol. The number of rotatable bonds is 21. The number of carbonyl (C=O) groups excluding carboxylic acids is 1. The number of carbonyl (C=O) groups is 2. The van der Waals surface area contributed by atoms with Crippen LogP contribution in [-0.2, 0) is 14.3 Å². The molecule has 0 saturated heterocycles. The van der Waals surface area contributed by atoms with E-state index in [1.54, 1.807) is 14.2 Å². The number of ether oxygens (including phenoxy) is 1. The van der Waals surface area contributed by atoms with E-state index in [-0.39, 0.29) is 32.0 Å². The molecule has 0 unspecified atom stereocenters. The van der Waals surface area contributed by atoms with Crippen LogP contribution in [0.1, 0.15) is 116 Å². The molecule has 0 atom stereocenters. The third-order valence-corrected chi connectivity index (χ3v) is 5.25. The third kappa shape index (κ3) is 35.7. The minimum Gasteiger partial charge on any atom is -0.481 e. The van der Waals surface area contributed by atoms with Crippen LogP contribution in [0.25, 0.3) is 0 Å². The fourth-order valence-electron chi connectivity index (χ4n) is 3.22. The highest BCUT2D eigenvalue weighted by Gasteiger charge is 2.14. The van der Waals surface area contributed by atoms with Crippen molar-refractivity contribution in [2.24, 2.45) is 5.92 Å². The number of unbranched alkanes of at least 4 members (excludes halogenated alkanes) is 14. The number of Topliss-reactive ketones (excluding diaryl/α,β-unsaturated/α-hetero) is 1. The Morgan fingerprint density at radius 2 is 0.970 bits per heavy atom. The monoisotopic (exact) mass is 478 g/mol. The predicted octanol–water partition coefficient (Wildman–Crippen LogP) is 5.13. The summed E-state index contributed by atoms with van der Waals surface area (Å²) < 4.78 is 4.25. The molecule has 0 amide bonds. The number of aliphatic hydroxyl groups excluding tert-OH is 3. The zero-order valence-electron chi connectivity index (χ0n) is 21.7. The van der Waals surface area contributed by atoms with Gasteiger partial charge >= 0.3 is 5.97 Å². The Hall–Kier alpha value is -1.02. The van der Waals surface area contributed by atoms with Gasteiger partial charge in [0.05, 0.1) is 19.1 Å². The molecule has 0 saturated carbocycles. The number of ketones is 1. The Kier molecular flexibility index (Phi) is 36.7. The Labute approximate surface area is 202 Å². The van der Waals surface area contributed by atoms with E-state index in [1.807, 2.05) is 0 Å². The molecule has 0 aromatic rings. The zero-order chi connectivity index (χ0) is 25.6. The Morgan fingerprint density at radius 3 is 1.24 bits per heavy atom. The van der Waals surface area contributed by atoms with Gasteiger partial charge in [0.1, 0.15) is 5.78 Å². The minimum atomic E-state index is -0.716. The van der Waals surface area contributed by atoms with Crippen molar-refractivity contribution in [3.05, 3.63) is 0 Å². The van der Waals surface area contributed by atoms with Crippen molar-refractivity contribution in [1.29, 1.82) is 0 Å². The Bertz CT molecular complexity index is 385. The van der Waals surface area contributed by atoms with Gasteiger partial charge in [-0.15, -0.1) is 0 Å². The highest BCUT2D eigenvalue weighted by Crippen LogP contribution is 2.13. The number of aliphatic carboxylic acids is 1. The summed E-state index contributed by atoms with van der Waals surface area (Å²) in [5, 5.41) is 33.7. The highest BCUT2D eigenvalue weighted by molar-refractivity contribution is 5.81. The van der Waals surface area contributed by atoms with Gasteiger partial charge in [0.25, 0.3) is 0 Å². The normalized spacial score (nSPS) is 10.3. The van der Waals surface area contributed by atoms with Crippen LogP contribution in [0.3, 0.4) is 0 Å². The molecule has 0 rings (SSSR count). The van der Waals surface area contributed by atoms with Crippen molar-refractivity contribution in [2.75, 3.05) is 34.0 Å². The lowest BCUT2D eigenvalue weighted by Gasteiger charge is -2.06. The molecule has 7 heteroatoms. The number of carboxylic acids is 1. The van der Waals surface area contributed by atoms with Crippen LogP contribution in [0.4, 0.5) is 0 Å². The summed E-state index contributed by atoms with van der Waals surface area (Å²) in [5.74, 6) is -1.67. The number of hydrogen-bond acceptors (Lipinski definition) is 6. The molecule has 0 aromatic carbocycles. The van der Waals surface area contributed by atoms with Crippen LogP contribution >= 0.6 is 0 Å². The summed E-state index contributed by atoms with van der Waals surface area (Å²) in [6, 6.07) is 0. The van der Waals surface area contributed by atoms with Crippen LogP contribution < -0.4 is 0 Å². The maximum absolute atomic E-state index is 10.7. The Balaban J connectivity index is -0.000000576. The molecule has 0 aromatic heterocycles. The van der Waals surface area contributed by atoms with Crippen LogP contribution in [0.15, 0.2) is 0 Å². The number of methoxy groups -OCH3 is 1. The number of carboxylic acid groups (broad SMARTS) is 1. The van der Waals surface area contributed by atoms with Crippen molar-refractivity contribution >= 4 is 11.8 Å². The largest absolute Gasteiger partial charge is 0.481 e. The topological polar surface area (TPSA) is 124 Å². The van der Waals surface area contributed by atoms with Crippen molar-refractivity contribution in [2.45, 2.75) is 116 Å². The van der Waals surface area contributed by atoms with E-state index in [2.05, 4.69) is 11.7 Å². The molecule has 0 aliphatic heterocycles. The first-order valence-corrected chi connectivity index (χ1v) is 12.9. The lowest BCUT2D eigenvalue weighted by molar-refractivity contribution is -0.137. The van der Waals surface area contributed by atoms with Crippen molar-refractivity contribution in [1.82, 2.24) is 0 Å². The second-order valence-electron chi connectivity index (χ2n) is 8.50. The molecule has 200 valence electrons. The smallest absolute Gasteiger partial charge is 0.303 e. The first-order valence-electron chi connectivity index (χ1n) is 12.9. The summed E-state index contributed by atoms with van der Waals surface area (Å²) in [5.41, 5.74) is 0. The maximum Gasteiger partial charge on any atom is 0.303 e. The van der Waals surface area contributed by atoms with Gasteiger partial charge in [0, 0.05) is 33.7 Å². The van der Waals surface area contributed by atoms with E-state index in [0.717, 1.165) is 12.8 Å². The van der Waals surface area contributed by atoms with Gasteiger partial charge in [-0.25, -0.2) is 0 Å². The molecule has 0 radical (unpaired) electrons. The first-order chi connectivity index (χ1) is 15.9. The molecular formula is C26H54O7. The van der Waals surface area contributed by atoms with Gasteiger partial charge < -0.3 is 25.2 Å². The summed E-state index contributed by atoms with van der Waals surface area (Å²) in [4.78, 5) is 21.1. The van der Waals surface area contributed by atoms with Crippen LogP contribution in [0, 0.1) is 5.92 Å². The lowest BCUT2D eigenvalue weighted by atomic mass is 10.0. The molecule has 7 nitrogen and oxygen atoms in total. The molecule has 33 heavy (non-hydrogen) atoms. The van der Waals surface area contributed by atoms with E-state index < -0.39 is 11.9 Å². The summed E-state index contributed by atoms with van der Waals surface area (Å²) in [6.07, 6.45) is 20.2. The van der Waals surface area contributed by atoms with Crippen LogP contribution in [0.5, 0.6) is 0 Å². The van der Waals surface area contributed by atoms with Gasteiger partial charge in [0.2, 0.25) is 0 Å². The number of hydrogen-bond donors (Lipinski definition) is 4. The quantitative estimate of drug-likeness (QED) is 0.168. The fourth-order valence-corrected chi connectivity index (χ4v) is 3.22. The molecule has 0 aliphatic carbocycles. The standard InChI is InChI=1S/C18H36O2.C6H12O4.C2H6O/c1-2-3-4-5-6-7-8-9-10-11-12-13-14-15-16-17-18(19)20;7-2-1-6(10)5(3-8)4-9;1-3-2/h2-17H2,1H3,(H,19,20);5,7-9H,1-4H2;1-2H3. The Morgan fingerprint density at radius 1 is 0.636 bits per heavy atom. The van der Waals surface area contributed by atoms with Gasteiger partial charge in [0.15, 0.2) is 0 Å². The molecule has 0 fully saturated rings. The van der Waals surface area contributed by atoms with Gasteiger partial charge in [-0.05, 0) is 6.42 Å². The van der Waals surface area contributed by atoms with E-state index in [4.69, 9.17) is 20.4 Å². The van der Waals surface area contributed by atoms with E-state index in [9.17, 15) is 9.59 Å². The summed E-state index contributed by atoms with van der Waals surface area (Å²) >= 11 is 0. The van der Waals surface area contributed by atoms with E-state index in [0.29, 0.717) is 6.42 Å². The zero-order valence-corrected chi connectivity index (χ0v) is 21.7. The van der Waals surface area contributed by atoms with Gasteiger partial charge in [-0.1, -0.05) is 96.8 Å². The third-order valence-electron chi connectivity index (χ3n) is 5.25. The first kappa shape index (κ1) is 36.5. The summed E-state index contributed by atoms with van der Waals surface area (Å²) in [6.45, 7) is 1.34. The maximum atomic E-state index is 10.7. The number of aliphatic hydroxyl groups is 3. The van der Waals surface area contributed by atoms with Gasteiger partial charge in [-0.2, -0.15) is 0 Å². The van der Waals surface area contributed by atoms with Crippen LogP contribution in [0.2, 0.25) is 0 Å². The van der Waals surface area contributed by atoms with Gasteiger partial charge in [-0.3, -0.25) is 9.59 Å². The van der Waals surface area contributed by atoms with Crippen molar-refractivity contribution in [3.8, 4) is 0 Å². The average Bonchev–Trinajstić information content (AvgIpc) is 2.78. The van der Waals surface area contributed by atoms with Crippen molar-refractivity contribution in [3.63, 3.8) is 0 Å². The van der Waals surface area contributed by atoms with Crippen LogP contribution in [-0.4, -0.2) is 66.2 Å². The minimum absolute atomic E-state index is 0.00574. The predicted molar refractivity (Wildman–Crippen MR) is 134 cm³/mol. The molecule has 4 N–H and O–H groups in total. The lowest BCUT2D eigenvalue weighted by Crippen LogP contribution is -2.22. The molecule has 0 aliphatic rings. The summed E-state index contributed by atoms with van der Waals surface area (Å²) in [7, 11) is 3.25.